The Morgan fingerprint density at radius 1 is 1.03 bits per heavy atom. The molecule has 0 fully saturated rings. The molecule has 6 nitrogen and oxygen atoms in total. The zero-order valence-corrected chi connectivity index (χ0v) is 17.9. The smallest absolute Gasteiger partial charge is 0.290 e. The topological polar surface area (TPSA) is 69.0 Å². The van der Waals surface area contributed by atoms with Gasteiger partial charge in [-0.15, -0.1) is 0 Å². The highest BCUT2D eigenvalue weighted by atomic mass is 16.5. The van der Waals surface area contributed by atoms with E-state index in [4.69, 9.17) is 13.9 Å². The monoisotopic (exact) mass is 407 g/mol. The molecule has 0 N–H and O–H groups in total. The van der Waals surface area contributed by atoms with Crippen molar-refractivity contribution in [3.05, 3.63) is 68.6 Å². The van der Waals surface area contributed by atoms with E-state index in [1.807, 2.05) is 45.0 Å². The average Bonchev–Trinajstić information content (AvgIpc) is 2.99. The number of nitrogens with zero attached hydrogens (tertiary/aromatic N) is 1. The molecule has 1 amide bonds. The van der Waals surface area contributed by atoms with E-state index in [2.05, 4.69) is 0 Å². The summed E-state index contributed by atoms with van der Waals surface area (Å²) in [6.45, 7) is 6.35. The molecule has 1 aromatic heterocycles. The summed E-state index contributed by atoms with van der Waals surface area (Å²) in [6.07, 6.45) is 0.759. The van der Waals surface area contributed by atoms with Crippen LogP contribution in [0.2, 0.25) is 0 Å². The van der Waals surface area contributed by atoms with Gasteiger partial charge in [-0.05, 0) is 55.2 Å². The van der Waals surface area contributed by atoms with Crippen molar-refractivity contribution in [2.75, 3.05) is 20.8 Å². The van der Waals surface area contributed by atoms with Crippen molar-refractivity contribution < 1.29 is 18.7 Å². The van der Waals surface area contributed by atoms with Crippen LogP contribution in [0, 0.1) is 13.8 Å². The fourth-order valence-electron chi connectivity index (χ4n) is 4.35. The molecule has 156 valence electrons. The fraction of sp³-hybridized carbons (Fsp3) is 0.333. The molecular formula is C24H25NO5. The number of benzene rings is 2. The van der Waals surface area contributed by atoms with Gasteiger partial charge in [-0.25, -0.2) is 0 Å². The molecule has 1 atom stereocenters. The average molecular weight is 407 g/mol. The second-order valence-corrected chi connectivity index (χ2v) is 7.64. The zero-order chi connectivity index (χ0) is 21.6. The number of carbonyl (C=O) groups is 1. The summed E-state index contributed by atoms with van der Waals surface area (Å²) in [5.74, 6) is 1.00. The van der Waals surface area contributed by atoms with Gasteiger partial charge in [0, 0.05) is 6.54 Å². The lowest BCUT2D eigenvalue weighted by Crippen LogP contribution is -2.30. The molecule has 0 spiro atoms. The van der Waals surface area contributed by atoms with Gasteiger partial charge in [0.05, 0.1) is 31.2 Å². The molecule has 2 aromatic carbocycles. The van der Waals surface area contributed by atoms with Crippen molar-refractivity contribution in [1.29, 1.82) is 0 Å². The second kappa shape index (κ2) is 7.52. The highest BCUT2D eigenvalue weighted by Gasteiger charge is 2.42. The molecule has 0 saturated heterocycles. The van der Waals surface area contributed by atoms with E-state index in [0.717, 1.165) is 23.1 Å². The van der Waals surface area contributed by atoms with Crippen molar-refractivity contribution in [2.24, 2.45) is 0 Å². The Labute approximate surface area is 175 Å². The van der Waals surface area contributed by atoms with Crippen molar-refractivity contribution in [1.82, 2.24) is 4.90 Å². The van der Waals surface area contributed by atoms with Crippen LogP contribution in [-0.4, -0.2) is 31.6 Å². The number of ether oxygens (including phenoxy) is 2. The molecule has 4 rings (SSSR count). The van der Waals surface area contributed by atoms with Gasteiger partial charge in [-0.2, -0.15) is 0 Å². The molecule has 6 heteroatoms. The lowest BCUT2D eigenvalue weighted by atomic mass is 9.96. The van der Waals surface area contributed by atoms with Gasteiger partial charge in [0.1, 0.15) is 5.58 Å². The van der Waals surface area contributed by atoms with Crippen molar-refractivity contribution >= 4 is 16.9 Å². The normalized spacial score (nSPS) is 15.6. The second-order valence-electron chi connectivity index (χ2n) is 7.64. The third kappa shape index (κ3) is 2.95. The molecule has 1 unspecified atom stereocenters. The van der Waals surface area contributed by atoms with E-state index < -0.39 is 6.04 Å². The van der Waals surface area contributed by atoms with Gasteiger partial charge in [0.15, 0.2) is 16.9 Å². The first-order valence-corrected chi connectivity index (χ1v) is 10.0. The van der Waals surface area contributed by atoms with Gasteiger partial charge in [-0.1, -0.05) is 19.1 Å². The summed E-state index contributed by atoms with van der Waals surface area (Å²) >= 11 is 0. The van der Waals surface area contributed by atoms with Crippen LogP contribution in [0.5, 0.6) is 11.5 Å². The maximum absolute atomic E-state index is 13.6. The molecule has 1 aliphatic heterocycles. The standard InChI is InChI=1S/C24H25NO5/c1-6-9-25-21(15-7-8-16(28-4)17(12-15)29-5)20-22(26)19-14(3)10-13(2)11-18(19)30-23(20)24(25)27/h7-8,10-12,21H,6,9H2,1-5H3. The van der Waals surface area contributed by atoms with Crippen LogP contribution in [0.1, 0.15) is 52.2 Å². The lowest BCUT2D eigenvalue weighted by Gasteiger charge is -2.25. The highest BCUT2D eigenvalue weighted by molar-refractivity contribution is 5.99. The summed E-state index contributed by atoms with van der Waals surface area (Å²) in [4.78, 5) is 28.6. The largest absolute Gasteiger partial charge is 0.493 e. The number of amides is 1. The summed E-state index contributed by atoms with van der Waals surface area (Å²) in [5, 5.41) is 0.524. The van der Waals surface area contributed by atoms with Crippen LogP contribution in [0.3, 0.4) is 0 Å². The fourth-order valence-corrected chi connectivity index (χ4v) is 4.35. The maximum atomic E-state index is 13.6. The number of fused-ring (bicyclic) bond motifs is 2. The van der Waals surface area contributed by atoms with Crippen molar-refractivity contribution in [2.45, 2.75) is 33.2 Å². The van der Waals surface area contributed by atoms with Gasteiger partial charge in [-0.3, -0.25) is 9.59 Å². The predicted molar refractivity (Wildman–Crippen MR) is 115 cm³/mol. The van der Waals surface area contributed by atoms with E-state index in [1.165, 1.54) is 0 Å². The Bertz CT molecular complexity index is 1210. The molecule has 0 bridgehead atoms. The maximum Gasteiger partial charge on any atom is 0.290 e. The van der Waals surface area contributed by atoms with Gasteiger partial charge < -0.3 is 18.8 Å². The first-order valence-electron chi connectivity index (χ1n) is 10.0. The first-order chi connectivity index (χ1) is 14.4. The third-order valence-corrected chi connectivity index (χ3v) is 5.60. The van der Waals surface area contributed by atoms with Crippen LogP contribution >= 0.6 is 0 Å². The molecule has 0 aliphatic carbocycles. The van der Waals surface area contributed by atoms with E-state index in [-0.39, 0.29) is 17.1 Å². The lowest BCUT2D eigenvalue weighted by molar-refractivity contribution is 0.0728. The van der Waals surface area contributed by atoms with E-state index in [1.54, 1.807) is 25.2 Å². The van der Waals surface area contributed by atoms with Gasteiger partial charge in [0.25, 0.3) is 5.91 Å². The number of aryl methyl sites for hydroxylation is 2. The van der Waals surface area contributed by atoms with Gasteiger partial charge in [0.2, 0.25) is 5.76 Å². The Kier molecular flexibility index (Phi) is 5.02. The summed E-state index contributed by atoms with van der Waals surface area (Å²) in [7, 11) is 3.13. The molecule has 1 aliphatic rings. The molecule has 3 aromatic rings. The Morgan fingerprint density at radius 3 is 2.43 bits per heavy atom. The van der Waals surface area contributed by atoms with Crippen LogP contribution in [0.15, 0.2) is 39.5 Å². The summed E-state index contributed by atoms with van der Waals surface area (Å²) in [6, 6.07) is 8.71. The highest BCUT2D eigenvalue weighted by Crippen LogP contribution is 2.41. The minimum atomic E-state index is -0.534. The summed E-state index contributed by atoms with van der Waals surface area (Å²) < 4.78 is 16.8. The quantitative estimate of drug-likeness (QED) is 0.628. The molecule has 30 heavy (non-hydrogen) atoms. The van der Waals surface area contributed by atoms with E-state index in [9.17, 15) is 9.59 Å². The number of hydrogen-bond acceptors (Lipinski definition) is 5. The van der Waals surface area contributed by atoms with Crippen LogP contribution in [0.4, 0.5) is 0 Å². The van der Waals surface area contributed by atoms with Crippen molar-refractivity contribution in [3.8, 4) is 11.5 Å². The Morgan fingerprint density at radius 2 is 1.77 bits per heavy atom. The SMILES string of the molecule is CCCN1C(=O)c2oc3cc(C)cc(C)c3c(=O)c2C1c1ccc(OC)c(OC)c1. The molecule has 2 heterocycles. The van der Waals surface area contributed by atoms with Crippen LogP contribution < -0.4 is 14.9 Å². The van der Waals surface area contributed by atoms with Crippen LogP contribution in [0.25, 0.3) is 11.0 Å². The first kappa shape index (κ1) is 20.0. The van der Waals surface area contributed by atoms with Gasteiger partial charge >= 0.3 is 0 Å². The number of carbonyl (C=O) groups excluding carboxylic acids is 1. The molecular weight excluding hydrogens is 382 g/mol. The number of hydrogen-bond donors (Lipinski definition) is 0. The predicted octanol–water partition coefficient (Wildman–Crippen LogP) is 4.38. The third-order valence-electron chi connectivity index (χ3n) is 5.60. The number of rotatable bonds is 5. The molecule has 0 radical (unpaired) electrons. The zero-order valence-electron chi connectivity index (χ0n) is 17.9. The minimum Gasteiger partial charge on any atom is -0.493 e. The van der Waals surface area contributed by atoms with E-state index in [0.29, 0.717) is 34.6 Å². The van der Waals surface area contributed by atoms with Crippen LogP contribution in [-0.2, 0) is 0 Å². The molecule has 0 saturated carbocycles. The van der Waals surface area contributed by atoms with Crippen molar-refractivity contribution in [3.63, 3.8) is 0 Å². The summed E-state index contributed by atoms with van der Waals surface area (Å²) in [5.41, 5.74) is 3.29. The van der Waals surface area contributed by atoms with E-state index >= 15 is 0 Å². The Balaban J connectivity index is 2.01. The Hall–Kier alpha value is -3.28. The minimum absolute atomic E-state index is 0.130. The number of methoxy groups -OCH3 is 2.